The maximum atomic E-state index is 12.9. The summed E-state index contributed by atoms with van der Waals surface area (Å²) in [6, 6.07) is 13.1. The van der Waals surface area contributed by atoms with Crippen LogP contribution in [-0.2, 0) is 24.8 Å². The fourth-order valence-corrected chi connectivity index (χ4v) is 3.69. The maximum absolute atomic E-state index is 12.9. The van der Waals surface area contributed by atoms with E-state index in [0.29, 0.717) is 10.7 Å². The molecule has 0 amide bonds. The van der Waals surface area contributed by atoms with Gasteiger partial charge in [-0.25, -0.2) is 13.2 Å². The van der Waals surface area contributed by atoms with Crippen LogP contribution in [0.4, 0.5) is 5.69 Å². The molecular weight excluding hydrogens is 386 g/mol. The van der Waals surface area contributed by atoms with Crippen molar-refractivity contribution in [1.82, 2.24) is 0 Å². The first-order chi connectivity index (χ1) is 12.6. The summed E-state index contributed by atoms with van der Waals surface area (Å²) < 4.78 is 30.5. The summed E-state index contributed by atoms with van der Waals surface area (Å²) >= 11 is 5.83. The molecule has 0 radical (unpaired) electrons. The molecular formula is C20H22ClNO4S. The highest BCUT2D eigenvalue weighted by molar-refractivity contribution is 7.96. The molecule has 0 saturated heterocycles. The number of carbonyl (C=O) groups is 1. The second-order valence-corrected chi connectivity index (χ2v) is 9.28. The minimum atomic E-state index is -4.05. The first kappa shape index (κ1) is 21.0. The van der Waals surface area contributed by atoms with E-state index in [0.717, 1.165) is 18.9 Å². The molecule has 0 aliphatic rings. The van der Waals surface area contributed by atoms with Crippen LogP contribution in [-0.4, -0.2) is 21.5 Å². The maximum Gasteiger partial charge on any atom is 0.351 e. The summed E-state index contributed by atoms with van der Waals surface area (Å²) in [5, 5.41) is 3.34. The Hall–Kier alpha value is -2.31. The number of anilines is 1. The van der Waals surface area contributed by atoms with Crippen molar-refractivity contribution < 1.29 is 17.9 Å². The quantitative estimate of drug-likeness (QED) is 0.582. The highest BCUT2D eigenvalue weighted by Gasteiger charge is 2.28. The zero-order chi connectivity index (χ0) is 20.2. The lowest BCUT2D eigenvalue weighted by Crippen LogP contribution is -2.17. The zero-order valence-corrected chi connectivity index (χ0v) is 17.2. The normalized spacial score (nSPS) is 12.6. The third-order valence-electron chi connectivity index (χ3n) is 3.92. The molecule has 0 unspecified atom stereocenters. The molecule has 2 aromatic rings. The average Bonchev–Trinajstić information content (AvgIpc) is 2.62. The van der Waals surface area contributed by atoms with Gasteiger partial charge >= 0.3 is 5.97 Å². The van der Waals surface area contributed by atoms with Crippen LogP contribution in [0.2, 0.25) is 5.02 Å². The molecule has 7 heteroatoms. The topological polar surface area (TPSA) is 72.5 Å². The molecule has 0 spiro atoms. The SMILES string of the molecule is COC(=O)/C(=C\Nc1ccc(Cl)cc1)S(=O)(=O)c1ccc(C(C)(C)C)cc1. The highest BCUT2D eigenvalue weighted by Crippen LogP contribution is 2.26. The Kier molecular flexibility index (Phi) is 6.34. The first-order valence-corrected chi connectivity index (χ1v) is 10.1. The molecule has 0 saturated carbocycles. The Labute approximate surface area is 164 Å². The molecule has 27 heavy (non-hydrogen) atoms. The van der Waals surface area contributed by atoms with Crippen molar-refractivity contribution in [3.63, 3.8) is 0 Å². The van der Waals surface area contributed by atoms with E-state index < -0.39 is 20.7 Å². The van der Waals surface area contributed by atoms with Crippen LogP contribution >= 0.6 is 11.6 Å². The van der Waals surface area contributed by atoms with Gasteiger partial charge in [-0.3, -0.25) is 0 Å². The Bertz CT molecular complexity index is 941. The molecule has 0 fully saturated rings. The molecule has 5 nitrogen and oxygen atoms in total. The fourth-order valence-electron chi connectivity index (χ4n) is 2.30. The number of benzene rings is 2. The van der Waals surface area contributed by atoms with Gasteiger partial charge in [0, 0.05) is 16.9 Å². The number of esters is 1. The van der Waals surface area contributed by atoms with E-state index in [4.69, 9.17) is 11.6 Å². The van der Waals surface area contributed by atoms with Gasteiger partial charge in [0.1, 0.15) is 0 Å². The lowest BCUT2D eigenvalue weighted by atomic mass is 9.87. The predicted molar refractivity (Wildman–Crippen MR) is 108 cm³/mol. The lowest BCUT2D eigenvalue weighted by Gasteiger charge is -2.19. The Balaban J connectivity index is 2.40. The number of carbonyl (C=O) groups excluding carboxylic acids is 1. The van der Waals surface area contributed by atoms with Crippen molar-refractivity contribution in [3.05, 3.63) is 70.2 Å². The number of nitrogens with one attached hydrogen (secondary N) is 1. The van der Waals surface area contributed by atoms with Crippen LogP contribution in [0.1, 0.15) is 26.3 Å². The monoisotopic (exact) mass is 407 g/mol. The van der Waals surface area contributed by atoms with E-state index in [-0.39, 0.29) is 10.3 Å². The van der Waals surface area contributed by atoms with E-state index in [1.54, 1.807) is 36.4 Å². The highest BCUT2D eigenvalue weighted by atomic mass is 35.5. The fraction of sp³-hybridized carbons (Fsp3) is 0.250. The summed E-state index contributed by atoms with van der Waals surface area (Å²) in [4.78, 5) is 11.6. The minimum absolute atomic E-state index is 0.0186. The number of hydrogen-bond donors (Lipinski definition) is 1. The molecule has 2 rings (SSSR count). The number of sulfone groups is 1. The van der Waals surface area contributed by atoms with Gasteiger partial charge in [-0.2, -0.15) is 0 Å². The summed E-state index contributed by atoms with van der Waals surface area (Å²) in [7, 11) is -2.92. The Morgan fingerprint density at radius 3 is 2.07 bits per heavy atom. The van der Waals surface area contributed by atoms with Gasteiger partial charge in [-0.05, 0) is 47.4 Å². The molecule has 144 valence electrons. The average molecular weight is 408 g/mol. The molecule has 0 aliphatic heterocycles. The third-order valence-corrected chi connectivity index (χ3v) is 5.93. The summed E-state index contributed by atoms with van der Waals surface area (Å²) in [6.45, 7) is 6.10. The largest absolute Gasteiger partial charge is 0.465 e. The third kappa shape index (κ3) is 5.11. The van der Waals surface area contributed by atoms with Crippen LogP contribution in [0, 0.1) is 0 Å². The van der Waals surface area contributed by atoms with Gasteiger partial charge in [0.25, 0.3) is 0 Å². The minimum Gasteiger partial charge on any atom is -0.465 e. The molecule has 0 heterocycles. The number of rotatable bonds is 5. The molecule has 2 aromatic carbocycles. The number of methoxy groups -OCH3 is 1. The Morgan fingerprint density at radius 1 is 1.04 bits per heavy atom. The van der Waals surface area contributed by atoms with E-state index in [1.165, 1.54) is 12.1 Å². The predicted octanol–water partition coefficient (Wildman–Crippen LogP) is 4.54. The number of halogens is 1. The standard InChI is InChI=1S/C20H22ClNO4S/c1-20(2,3)14-5-11-17(12-6-14)27(24,25)18(19(23)26-4)13-22-16-9-7-15(21)8-10-16/h5-13,22H,1-4H3/b18-13+. The molecule has 0 atom stereocenters. The number of ether oxygens (including phenoxy) is 1. The van der Waals surface area contributed by atoms with Crippen LogP contribution in [0.25, 0.3) is 0 Å². The van der Waals surface area contributed by atoms with Gasteiger partial charge in [0.2, 0.25) is 9.84 Å². The van der Waals surface area contributed by atoms with Crippen molar-refractivity contribution in [2.75, 3.05) is 12.4 Å². The van der Waals surface area contributed by atoms with Crippen molar-refractivity contribution in [2.24, 2.45) is 0 Å². The van der Waals surface area contributed by atoms with Gasteiger partial charge in [0.15, 0.2) is 4.91 Å². The summed E-state index contributed by atoms with van der Waals surface area (Å²) in [6.07, 6.45) is 1.13. The van der Waals surface area contributed by atoms with Crippen molar-refractivity contribution in [3.8, 4) is 0 Å². The molecule has 0 bridgehead atoms. The van der Waals surface area contributed by atoms with Gasteiger partial charge < -0.3 is 10.1 Å². The van der Waals surface area contributed by atoms with E-state index in [1.807, 2.05) is 20.8 Å². The van der Waals surface area contributed by atoms with Gasteiger partial charge in [-0.1, -0.05) is 44.5 Å². The van der Waals surface area contributed by atoms with Crippen molar-refractivity contribution >= 4 is 33.1 Å². The van der Waals surface area contributed by atoms with E-state index in [9.17, 15) is 13.2 Å². The summed E-state index contributed by atoms with van der Waals surface area (Å²) in [5.41, 5.74) is 1.46. The second-order valence-electron chi connectivity index (χ2n) is 6.93. The van der Waals surface area contributed by atoms with Crippen LogP contribution in [0.5, 0.6) is 0 Å². The van der Waals surface area contributed by atoms with Crippen molar-refractivity contribution in [1.29, 1.82) is 0 Å². The van der Waals surface area contributed by atoms with Crippen LogP contribution < -0.4 is 5.32 Å². The molecule has 0 aromatic heterocycles. The van der Waals surface area contributed by atoms with E-state index >= 15 is 0 Å². The Morgan fingerprint density at radius 2 is 1.59 bits per heavy atom. The van der Waals surface area contributed by atoms with Crippen molar-refractivity contribution in [2.45, 2.75) is 31.1 Å². The van der Waals surface area contributed by atoms with Gasteiger partial charge in [0.05, 0.1) is 12.0 Å². The smallest absolute Gasteiger partial charge is 0.351 e. The molecule has 1 N–H and O–H groups in total. The van der Waals surface area contributed by atoms with Crippen LogP contribution in [0.3, 0.4) is 0 Å². The summed E-state index contributed by atoms with van der Waals surface area (Å²) in [5.74, 6) is -0.948. The second kappa shape index (κ2) is 8.15. The van der Waals surface area contributed by atoms with E-state index in [2.05, 4.69) is 10.1 Å². The first-order valence-electron chi connectivity index (χ1n) is 8.22. The zero-order valence-electron chi connectivity index (χ0n) is 15.6. The number of hydrogen-bond acceptors (Lipinski definition) is 5. The molecule has 0 aliphatic carbocycles. The lowest BCUT2D eigenvalue weighted by molar-refractivity contribution is -0.135. The van der Waals surface area contributed by atoms with Crippen LogP contribution in [0.15, 0.2) is 64.5 Å². The van der Waals surface area contributed by atoms with Gasteiger partial charge in [-0.15, -0.1) is 0 Å².